The molecule has 1 aliphatic rings. The summed E-state index contributed by atoms with van der Waals surface area (Å²) in [4.78, 5) is 12.2. The fourth-order valence-corrected chi connectivity index (χ4v) is 3.38. The van der Waals surface area contributed by atoms with Gasteiger partial charge in [0.15, 0.2) is 0 Å². The molecule has 0 unspecified atom stereocenters. The first kappa shape index (κ1) is 15.8. The van der Waals surface area contributed by atoms with Gasteiger partial charge in [-0.15, -0.1) is 0 Å². The zero-order valence-corrected chi connectivity index (χ0v) is 13.3. The van der Waals surface area contributed by atoms with Crippen LogP contribution in [-0.4, -0.2) is 14.3 Å². The van der Waals surface area contributed by atoms with Crippen LogP contribution in [0.5, 0.6) is 0 Å². The number of amides is 1. The largest absolute Gasteiger partial charge is 0.469 e. The maximum atomic E-state index is 12.2. The normalized spacial score (nSPS) is 17.5. The summed E-state index contributed by atoms with van der Waals surface area (Å²) in [6, 6.07) is 7.90. The Hall–Kier alpha value is -2.12. The van der Waals surface area contributed by atoms with Crippen LogP contribution in [0.25, 0.3) is 0 Å². The fourth-order valence-electron chi connectivity index (χ4n) is 2.86. The van der Waals surface area contributed by atoms with Crippen LogP contribution in [0.15, 0.2) is 45.9 Å². The number of primary sulfonamides is 1. The summed E-state index contributed by atoms with van der Waals surface area (Å²) in [5.41, 5.74) is 1.78. The zero-order chi connectivity index (χ0) is 16.4. The Balaban J connectivity index is 1.64. The highest BCUT2D eigenvalue weighted by Gasteiger charge is 2.23. The van der Waals surface area contributed by atoms with Crippen LogP contribution in [-0.2, 0) is 27.7 Å². The SMILES string of the molecule is NS(=O)(=O)c1ccc(CC(=O)N[C@H]2CCCc3occc32)cc1. The Morgan fingerprint density at radius 1 is 1.26 bits per heavy atom. The van der Waals surface area contributed by atoms with Gasteiger partial charge in [-0.05, 0) is 36.6 Å². The van der Waals surface area contributed by atoms with Gasteiger partial charge in [0.05, 0.1) is 23.6 Å². The molecule has 0 saturated heterocycles. The number of hydrogen-bond acceptors (Lipinski definition) is 4. The van der Waals surface area contributed by atoms with E-state index >= 15 is 0 Å². The molecule has 0 aliphatic heterocycles. The second kappa shape index (κ2) is 6.17. The molecule has 1 heterocycles. The standard InChI is InChI=1S/C16H18N2O4S/c17-23(20,21)12-6-4-11(5-7-12)10-16(19)18-14-2-1-3-15-13(14)8-9-22-15/h4-9,14H,1-3,10H2,(H,18,19)(H2,17,20,21)/t14-/m0/s1. The Morgan fingerprint density at radius 3 is 2.70 bits per heavy atom. The van der Waals surface area contributed by atoms with Gasteiger partial charge in [0.1, 0.15) is 5.76 Å². The molecule has 1 amide bonds. The number of fused-ring (bicyclic) bond motifs is 1. The molecule has 1 aliphatic carbocycles. The van der Waals surface area contributed by atoms with Crippen LogP contribution < -0.4 is 10.5 Å². The van der Waals surface area contributed by atoms with E-state index in [1.807, 2.05) is 6.07 Å². The van der Waals surface area contributed by atoms with E-state index in [-0.39, 0.29) is 23.3 Å². The van der Waals surface area contributed by atoms with Gasteiger partial charge in [0.25, 0.3) is 0 Å². The van der Waals surface area contributed by atoms with Gasteiger partial charge in [-0.25, -0.2) is 13.6 Å². The molecule has 0 bridgehead atoms. The fraction of sp³-hybridized carbons (Fsp3) is 0.312. The number of furan rings is 1. The van der Waals surface area contributed by atoms with Gasteiger partial charge in [0, 0.05) is 12.0 Å². The minimum absolute atomic E-state index is 0.0197. The van der Waals surface area contributed by atoms with Crippen LogP contribution in [0.3, 0.4) is 0 Å². The van der Waals surface area contributed by atoms with E-state index in [0.717, 1.165) is 36.1 Å². The van der Waals surface area contributed by atoms with Crippen molar-refractivity contribution in [3.63, 3.8) is 0 Å². The number of hydrogen-bond donors (Lipinski definition) is 2. The van der Waals surface area contributed by atoms with E-state index in [2.05, 4.69) is 5.32 Å². The van der Waals surface area contributed by atoms with E-state index in [1.165, 1.54) is 12.1 Å². The molecule has 3 rings (SSSR count). The highest BCUT2D eigenvalue weighted by atomic mass is 32.2. The maximum absolute atomic E-state index is 12.2. The Labute approximate surface area is 134 Å². The molecule has 2 aromatic rings. The minimum atomic E-state index is -3.71. The Bertz CT molecular complexity index is 809. The molecule has 7 heteroatoms. The molecule has 0 radical (unpaired) electrons. The molecule has 0 spiro atoms. The molecule has 1 aromatic carbocycles. The number of carbonyl (C=O) groups is 1. The van der Waals surface area contributed by atoms with Gasteiger partial charge in [0.2, 0.25) is 15.9 Å². The average molecular weight is 334 g/mol. The van der Waals surface area contributed by atoms with Crippen molar-refractivity contribution in [2.24, 2.45) is 5.14 Å². The predicted octanol–water partition coefficient (Wildman–Crippen LogP) is 1.66. The van der Waals surface area contributed by atoms with Crippen molar-refractivity contribution in [2.45, 2.75) is 36.6 Å². The lowest BCUT2D eigenvalue weighted by atomic mass is 9.93. The number of benzene rings is 1. The van der Waals surface area contributed by atoms with Gasteiger partial charge in [-0.3, -0.25) is 4.79 Å². The highest BCUT2D eigenvalue weighted by Crippen LogP contribution is 2.30. The summed E-state index contributed by atoms with van der Waals surface area (Å²) < 4.78 is 27.8. The summed E-state index contributed by atoms with van der Waals surface area (Å²) in [6.45, 7) is 0. The van der Waals surface area contributed by atoms with E-state index in [4.69, 9.17) is 9.56 Å². The van der Waals surface area contributed by atoms with Crippen molar-refractivity contribution in [3.8, 4) is 0 Å². The monoisotopic (exact) mass is 334 g/mol. The van der Waals surface area contributed by atoms with Crippen molar-refractivity contribution in [3.05, 3.63) is 53.5 Å². The lowest BCUT2D eigenvalue weighted by Gasteiger charge is -2.22. The van der Waals surface area contributed by atoms with E-state index < -0.39 is 10.0 Å². The first-order valence-electron chi connectivity index (χ1n) is 7.41. The van der Waals surface area contributed by atoms with Crippen molar-refractivity contribution >= 4 is 15.9 Å². The first-order valence-corrected chi connectivity index (χ1v) is 8.95. The second-order valence-corrected chi connectivity index (χ2v) is 7.24. The van der Waals surface area contributed by atoms with E-state index in [0.29, 0.717) is 0 Å². The summed E-state index contributed by atoms with van der Waals surface area (Å²) in [5.74, 6) is 0.839. The maximum Gasteiger partial charge on any atom is 0.238 e. The van der Waals surface area contributed by atoms with Gasteiger partial charge in [-0.1, -0.05) is 12.1 Å². The molecule has 1 atom stereocenters. The number of sulfonamides is 1. The molecule has 23 heavy (non-hydrogen) atoms. The van der Waals surface area contributed by atoms with Crippen molar-refractivity contribution in [1.82, 2.24) is 5.32 Å². The van der Waals surface area contributed by atoms with Crippen LogP contribution in [0, 0.1) is 0 Å². The van der Waals surface area contributed by atoms with Crippen molar-refractivity contribution < 1.29 is 17.6 Å². The second-order valence-electron chi connectivity index (χ2n) is 5.68. The molecule has 6 nitrogen and oxygen atoms in total. The average Bonchev–Trinajstić information content (AvgIpc) is 2.96. The molecule has 1 aromatic heterocycles. The van der Waals surface area contributed by atoms with E-state index in [1.54, 1.807) is 18.4 Å². The number of carbonyl (C=O) groups excluding carboxylic acids is 1. The number of rotatable bonds is 4. The summed E-state index contributed by atoms with van der Waals surface area (Å²) in [6.07, 6.45) is 4.62. The van der Waals surface area contributed by atoms with Crippen molar-refractivity contribution in [2.75, 3.05) is 0 Å². The smallest absolute Gasteiger partial charge is 0.238 e. The van der Waals surface area contributed by atoms with E-state index in [9.17, 15) is 13.2 Å². The summed E-state index contributed by atoms with van der Waals surface area (Å²) in [5, 5.41) is 8.06. The van der Waals surface area contributed by atoms with Crippen LogP contribution in [0.4, 0.5) is 0 Å². The van der Waals surface area contributed by atoms with Crippen molar-refractivity contribution in [1.29, 1.82) is 0 Å². The molecule has 122 valence electrons. The third-order valence-electron chi connectivity index (χ3n) is 4.00. The topological polar surface area (TPSA) is 102 Å². The number of nitrogens with two attached hydrogens (primary N) is 1. The van der Waals surface area contributed by atoms with Gasteiger partial charge < -0.3 is 9.73 Å². The zero-order valence-electron chi connectivity index (χ0n) is 12.5. The Kier molecular flexibility index (Phi) is 4.23. The molecule has 0 saturated carbocycles. The van der Waals surface area contributed by atoms with Gasteiger partial charge >= 0.3 is 0 Å². The number of aryl methyl sites for hydroxylation is 1. The van der Waals surface area contributed by atoms with Gasteiger partial charge in [-0.2, -0.15) is 0 Å². The predicted molar refractivity (Wildman–Crippen MR) is 84.0 cm³/mol. The third-order valence-corrected chi connectivity index (χ3v) is 4.93. The number of nitrogens with one attached hydrogen (secondary N) is 1. The molecule has 3 N–H and O–H groups in total. The lowest BCUT2D eigenvalue weighted by molar-refractivity contribution is -0.121. The summed E-state index contributed by atoms with van der Waals surface area (Å²) >= 11 is 0. The molecular formula is C16H18N2O4S. The summed E-state index contributed by atoms with van der Waals surface area (Å²) in [7, 11) is -3.71. The van der Waals surface area contributed by atoms with Crippen LogP contribution >= 0.6 is 0 Å². The Morgan fingerprint density at radius 2 is 2.00 bits per heavy atom. The third kappa shape index (κ3) is 3.62. The highest BCUT2D eigenvalue weighted by molar-refractivity contribution is 7.89. The first-order chi connectivity index (χ1) is 10.9. The minimum Gasteiger partial charge on any atom is -0.469 e. The van der Waals surface area contributed by atoms with Crippen LogP contribution in [0.1, 0.15) is 35.8 Å². The van der Waals surface area contributed by atoms with Crippen LogP contribution in [0.2, 0.25) is 0 Å². The lowest BCUT2D eigenvalue weighted by Crippen LogP contribution is -2.31. The molecular weight excluding hydrogens is 316 g/mol. The quantitative estimate of drug-likeness (QED) is 0.887. The molecule has 0 fully saturated rings.